The summed E-state index contributed by atoms with van der Waals surface area (Å²) in [6, 6.07) is 8.77. The van der Waals surface area contributed by atoms with Crippen LogP contribution in [0.3, 0.4) is 0 Å². The largest absolute Gasteiger partial charge is 0.462 e. The summed E-state index contributed by atoms with van der Waals surface area (Å²) >= 11 is 0.762. The lowest BCUT2D eigenvalue weighted by Crippen LogP contribution is -2.15. The Hall–Kier alpha value is -3.73. The van der Waals surface area contributed by atoms with E-state index in [0.29, 0.717) is 0 Å². The second kappa shape index (κ2) is 10.0. The molecule has 2 aromatic carbocycles. The molecule has 0 unspecified atom stereocenters. The van der Waals surface area contributed by atoms with E-state index in [1.165, 1.54) is 25.1 Å². The van der Waals surface area contributed by atoms with Gasteiger partial charge in [0.05, 0.1) is 22.6 Å². The van der Waals surface area contributed by atoms with E-state index in [4.69, 9.17) is 4.74 Å². The lowest BCUT2D eigenvalue weighted by atomic mass is 10.1. The maximum Gasteiger partial charge on any atom is 0.416 e. The number of benzene rings is 2. The van der Waals surface area contributed by atoms with E-state index >= 15 is 0 Å². The maximum absolute atomic E-state index is 13.1. The van der Waals surface area contributed by atoms with Crippen molar-refractivity contribution in [2.24, 2.45) is 0 Å². The minimum atomic E-state index is -4.59. The van der Waals surface area contributed by atoms with Gasteiger partial charge in [-0.05, 0) is 61.9 Å². The van der Waals surface area contributed by atoms with Gasteiger partial charge in [-0.15, -0.1) is 11.3 Å². The van der Waals surface area contributed by atoms with E-state index in [1.807, 2.05) is 0 Å². The van der Waals surface area contributed by atoms with Gasteiger partial charge in [0.1, 0.15) is 10.8 Å². The molecule has 11 heteroatoms. The highest BCUT2D eigenvalue weighted by Gasteiger charge is 2.31. The Bertz CT molecular complexity index is 1240. The normalized spacial score (nSPS) is 11.1. The average Bonchev–Trinajstić information content (AvgIpc) is 3.09. The number of esters is 1. The van der Waals surface area contributed by atoms with Gasteiger partial charge in [-0.3, -0.25) is 9.59 Å². The molecule has 3 rings (SSSR count). The van der Waals surface area contributed by atoms with Crippen LogP contribution in [0.1, 0.15) is 48.4 Å². The fourth-order valence-corrected chi connectivity index (χ4v) is 4.09. The number of amides is 2. The zero-order valence-electron chi connectivity index (χ0n) is 17.9. The molecule has 0 aliphatic heterocycles. The Kier molecular flexibility index (Phi) is 7.35. The first kappa shape index (κ1) is 24.9. The van der Waals surface area contributed by atoms with Crippen LogP contribution in [-0.4, -0.2) is 24.4 Å². The van der Waals surface area contributed by atoms with Crippen molar-refractivity contribution in [2.45, 2.75) is 20.0 Å². The topological polar surface area (TPSA) is 84.5 Å². The smallest absolute Gasteiger partial charge is 0.416 e. The number of hydrogen-bond acceptors (Lipinski definition) is 5. The van der Waals surface area contributed by atoms with Gasteiger partial charge in [0.2, 0.25) is 0 Å². The molecule has 2 N–H and O–H groups in total. The molecule has 0 aliphatic carbocycles. The van der Waals surface area contributed by atoms with Crippen molar-refractivity contribution < 1.29 is 36.7 Å². The molecule has 0 fully saturated rings. The van der Waals surface area contributed by atoms with Crippen molar-refractivity contribution in [1.29, 1.82) is 0 Å². The van der Waals surface area contributed by atoms with Crippen molar-refractivity contribution in [3.8, 4) is 0 Å². The van der Waals surface area contributed by atoms with Crippen molar-refractivity contribution in [3.05, 3.63) is 81.5 Å². The van der Waals surface area contributed by atoms with Gasteiger partial charge in [0.25, 0.3) is 11.8 Å². The Balaban J connectivity index is 1.93. The third kappa shape index (κ3) is 5.60. The summed E-state index contributed by atoms with van der Waals surface area (Å²) in [5.74, 6) is -2.75. The molecular formula is C23H18F4N2O4S. The number of hydrogen-bond donors (Lipinski definition) is 2. The Morgan fingerprint density at radius 3 is 2.29 bits per heavy atom. The van der Waals surface area contributed by atoms with Crippen LogP contribution in [-0.2, 0) is 10.9 Å². The van der Waals surface area contributed by atoms with Crippen LogP contribution in [0.2, 0.25) is 0 Å². The number of ether oxygens (including phenoxy) is 1. The number of alkyl halides is 3. The standard InChI is InChI=1S/C23H18F4N2O4S/c1-3-33-22(32)17-12(2)18(20(31)28-16-6-4-5-14(11-16)23(25,26)27)34-21(17)29-19(30)13-7-9-15(24)10-8-13/h4-11H,3H2,1-2H3,(H,28,31)(H,29,30). The van der Waals surface area contributed by atoms with Crippen LogP contribution < -0.4 is 10.6 Å². The molecule has 0 bridgehead atoms. The molecular weight excluding hydrogens is 476 g/mol. The van der Waals surface area contributed by atoms with Crippen LogP contribution >= 0.6 is 11.3 Å². The molecule has 1 heterocycles. The summed E-state index contributed by atoms with van der Waals surface area (Å²) in [6.07, 6.45) is -4.59. The second-order valence-electron chi connectivity index (χ2n) is 6.97. The summed E-state index contributed by atoms with van der Waals surface area (Å²) < 4.78 is 57.1. The Morgan fingerprint density at radius 2 is 1.68 bits per heavy atom. The number of anilines is 2. The molecule has 3 aromatic rings. The lowest BCUT2D eigenvalue weighted by molar-refractivity contribution is -0.137. The first-order valence-electron chi connectivity index (χ1n) is 9.87. The van der Waals surface area contributed by atoms with E-state index < -0.39 is 35.3 Å². The van der Waals surface area contributed by atoms with Gasteiger partial charge >= 0.3 is 12.1 Å². The third-order valence-electron chi connectivity index (χ3n) is 4.61. The lowest BCUT2D eigenvalue weighted by Gasteiger charge is -2.09. The monoisotopic (exact) mass is 494 g/mol. The molecule has 0 aliphatic rings. The first-order valence-corrected chi connectivity index (χ1v) is 10.7. The molecule has 0 radical (unpaired) electrons. The first-order chi connectivity index (χ1) is 16.0. The van der Waals surface area contributed by atoms with Crippen LogP contribution in [0.5, 0.6) is 0 Å². The van der Waals surface area contributed by atoms with E-state index in [0.717, 1.165) is 41.7 Å². The zero-order valence-corrected chi connectivity index (χ0v) is 18.7. The van der Waals surface area contributed by atoms with Crippen molar-refractivity contribution >= 4 is 39.8 Å². The predicted octanol–water partition coefficient (Wildman–Crippen LogP) is 5.90. The van der Waals surface area contributed by atoms with Gasteiger partial charge in [-0.2, -0.15) is 13.2 Å². The summed E-state index contributed by atoms with van der Waals surface area (Å²) in [7, 11) is 0. The molecule has 0 saturated carbocycles. The van der Waals surface area contributed by atoms with Crippen molar-refractivity contribution in [1.82, 2.24) is 0 Å². The number of halogens is 4. The summed E-state index contributed by atoms with van der Waals surface area (Å²) in [5.41, 5.74) is -0.800. The molecule has 0 atom stereocenters. The predicted molar refractivity (Wildman–Crippen MR) is 119 cm³/mol. The van der Waals surface area contributed by atoms with E-state index in [9.17, 15) is 31.9 Å². The van der Waals surface area contributed by atoms with Crippen LogP contribution in [0, 0.1) is 12.7 Å². The van der Waals surface area contributed by atoms with Crippen LogP contribution in [0.15, 0.2) is 48.5 Å². The molecule has 6 nitrogen and oxygen atoms in total. The number of thiophene rings is 1. The van der Waals surface area contributed by atoms with Crippen molar-refractivity contribution in [3.63, 3.8) is 0 Å². The van der Waals surface area contributed by atoms with Gasteiger partial charge in [0.15, 0.2) is 0 Å². The second-order valence-corrected chi connectivity index (χ2v) is 8.00. The fraction of sp³-hybridized carbons (Fsp3) is 0.174. The van der Waals surface area contributed by atoms with E-state index in [-0.39, 0.29) is 38.9 Å². The minimum absolute atomic E-state index is 0.00475. The number of carbonyl (C=O) groups excluding carboxylic acids is 3. The number of rotatable bonds is 6. The third-order valence-corrected chi connectivity index (χ3v) is 5.82. The molecule has 2 amide bonds. The highest BCUT2D eigenvalue weighted by molar-refractivity contribution is 7.19. The van der Waals surface area contributed by atoms with Gasteiger partial charge in [-0.25, -0.2) is 9.18 Å². The maximum atomic E-state index is 13.1. The van der Waals surface area contributed by atoms with Crippen LogP contribution in [0.25, 0.3) is 0 Å². The highest BCUT2D eigenvalue weighted by Crippen LogP contribution is 2.35. The van der Waals surface area contributed by atoms with Gasteiger partial charge in [0, 0.05) is 11.3 Å². The fourth-order valence-electron chi connectivity index (χ4n) is 3.00. The molecule has 34 heavy (non-hydrogen) atoms. The van der Waals surface area contributed by atoms with Gasteiger partial charge in [-0.1, -0.05) is 6.07 Å². The summed E-state index contributed by atoms with van der Waals surface area (Å²) in [4.78, 5) is 38.0. The zero-order chi connectivity index (χ0) is 25.0. The average molecular weight is 494 g/mol. The Morgan fingerprint density at radius 1 is 1.00 bits per heavy atom. The SMILES string of the molecule is CCOC(=O)c1c(NC(=O)c2ccc(F)cc2)sc(C(=O)Nc2cccc(C(F)(F)F)c2)c1C. The summed E-state index contributed by atoms with van der Waals surface area (Å²) in [5, 5.41) is 4.91. The quantitative estimate of drug-likeness (QED) is 0.330. The molecule has 1 aromatic heterocycles. The minimum Gasteiger partial charge on any atom is -0.462 e. The van der Waals surface area contributed by atoms with Crippen molar-refractivity contribution in [2.75, 3.05) is 17.2 Å². The summed E-state index contributed by atoms with van der Waals surface area (Å²) in [6.45, 7) is 3.07. The van der Waals surface area contributed by atoms with E-state index in [2.05, 4.69) is 10.6 Å². The molecule has 0 spiro atoms. The number of nitrogens with one attached hydrogen (secondary N) is 2. The highest BCUT2D eigenvalue weighted by atomic mass is 32.1. The Labute approximate surface area is 195 Å². The van der Waals surface area contributed by atoms with E-state index in [1.54, 1.807) is 6.92 Å². The molecule has 178 valence electrons. The van der Waals surface area contributed by atoms with Crippen LogP contribution in [0.4, 0.5) is 28.3 Å². The number of carbonyl (C=O) groups is 3. The van der Waals surface area contributed by atoms with Gasteiger partial charge < -0.3 is 15.4 Å². The molecule has 0 saturated heterocycles.